The SMILES string of the molecule is CC(C)(C)OC(=O)N1CCC2(CC1)Cc1cc(/C=C/C(=O)N3CC=C(Cc4nccs4)CC3)cnc1N=C2N. The van der Waals surface area contributed by atoms with E-state index < -0.39 is 5.60 Å². The molecule has 2 amide bonds. The molecular formula is C29H36N6O3S. The summed E-state index contributed by atoms with van der Waals surface area (Å²) < 4.78 is 5.54. The highest BCUT2D eigenvalue weighted by atomic mass is 32.1. The Balaban J connectivity index is 1.20. The number of rotatable bonds is 4. The van der Waals surface area contributed by atoms with Gasteiger partial charge in [0.2, 0.25) is 5.91 Å². The summed E-state index contributed by atoms with van der Waals surface area (Å²) in [6, 6.07) is 2.05. The van der Waals surface area contributed by atoms with Crippen molar-refractivity contribution in [1.29, 1.82) is 0 Å². The van der Waals surface area contributed by atoms with Crippen LogP contribution in [0.5, 0.6) is 0 Å². The summed E-state index contributed by atoms with van der Waals surface area (Å²) in [5.74, 6) is 1.20. The van der Waals surface area contributed by atoms with Gasteiger partial charge in [-0.05, 0) is 69.7 Å². The fourth-order valence-electron chi connectivity index (χ4n) is 5.29. The predicted octanol–water partition coefficient (Wildman–Crippen LogP) is 4.51. The second kappa shape index (κ2) is 10.9. The third kappa shape index (κ3) is 6.38. The van der Waals surface area contributed by atoms with Gasteiger partial charge in [-0.3, -0.25) is 4.79 Å². The van der Waals surface area contributed by atoms with Crippen molar-refractivity contribution in [2.75, 3.05) is 26.2 Å². The quantitative estimate of drug-likeness (QED) is 0.444. The van der Waals surface area contributed by atoms with Crippen LogP contribution in [0.25, 0.3) is 6.08 Å². The number of ether oxygens (including phenoxy) is 1. The normalized spacial score (nSPS) is 19.1. The molecule has 1 spiro atoms. The number of nitrogens with zero attached hydrogens (tertiary/aromatic N) is 5. The van der Waals surface area contributed by atoms with Gasteiger partial charge >= 0.3 is 6.09 Å². The molecule has 2 N–H and O–H groups in total. The molecule has 3 aliphatic heterocycles. The van der Waals surface area contributed by atoms with Crippen molar-refractivity contribution < 1.29 is 14.3 Å². The largest absolute Gasteiger partial charge is 0.444 e. The second-order valence-corrected chi connectivity index (χ2v) is 12.5. The number of pyridine rings is 1. The summed E-state index contributed by atoms with van der Waals surface area (Å²) in [5, 5.41) is 3.10. The van der Waals surface area contributed by atoms with E-state index in [4.69, 9.17) is 10.5 Å². The van der Waals surface area contributed by atoms with Crippen LogP contribution < -0.4 is 5.73 Å². The molecule has 39 heavy (non-hydrogen) atoms. The van der Waals surface area contributed by atoms with E-state index in [1.165, 1.54) is 5.57 Å². The number of thiazole rings is 1. The lowest BCUT2D eigenvalue weighted by Gasteiger charge is -2.43. The van der Waals surface area contributed by atoms with Gasteiger partial charge in [0.1, 0.15) is 11.4 Å². The highest BCUT2D eigenvalue weighted by Crippen LogP contribution is 2.41. The van der Waals surface area contributed by atoms with E-state index in [2.05, 4.69) is 21.0 Å². The zero-order valence-corrected chi connectivity index (χ0v) is 23.7. The van der Waals surface area contributed by atoms with Crippen molar-refractivity contribution in [2.45, 2.75) is 58.5 Å². The predicted molar refractivity (Wildman–Crippen MR) is 153 cm³/mol. The van der Waals surface area contributed by atoms with Crippen molar-refractivity contribution >= 4 is 41.1 Å². The van der Waals surface area contributed by atoms with Gasteiger partial charge in [-0.1, -0.05) is 11.6 Å². The standard InChI is InChI=1S/C29H36N6O3S/c1-28(2,3)38-27(37)35-13-8-29(9-14-35)18-22-16-21(19-32-25(22)33-26(29)30)4-5-24(36)34-11-6-20(7-12-34)17-23-31-10-15-39-23/h4-6,10,15-16,19H,7-9,11-14,17-18H2,1-3H3,(H2,30,32,33)/b5-4+. The molecule has 5 heterocycles. The number of amides is 2. The number of hydrogen-bond acceptors (Lipinski definition) is 8. The maximum Gasteiger partial charge on any atom is 0.410 e. The van der Waals surface area contributed by atoms with Gasteiger partial charge in [0.05, 0.1) is 5.01 Å². The average molecular weight is 549 g/mol. The van der Waals surface area contributed by atoms with Crippen LogP contribution in [0.2, 0.25) is 0 Å². The molecule has 0 bridgehead atoms. The molecule has 0 aliphatic carbocycles. The second-order valence-electron chi connectivity index (χ2n) is 11.5. The van der Waals surface area contributed by atoms with Crippen LogP contribution in [0.3, 0.4) is 0 Å². The van der Waals surface area contributed by atoms with Crippen LogP contribution in [0.1, 0.15) is 56.2 Å². The van der Waals surface area contributed by atoms with Gasteiger partial charge < -0.3 is 20.3 Å². The van der Waals surface area contributed by atoms with E-state index >= 15 is 0 Å². The Bertz CT molecular complexity index is 1320. The lowest BCUT2D eigenvalue weighted by molar-refractivity contribution is -0.125. The van der Waals surface area contributed by atoms with E-state index in [1.54, 1.807) is 28.5 Å². The number of piperidine rings is 1. The summed E-state index contributed by atoms with van der Waals surface area (Å²) in [6.45, 7) is 8.07. The third-order valence-electron chi connectivity index (χ3n) is 7.53. The molecule has 0 atom stereocenters. The van der Waals surface area contributed by atoms with E-state index in [0.717, 1.165) is 29.0 Å². The lowest BCUT2D eigenvalue weighted by atomic mass is 9.71. The van der Waals surface area contributed by atoms with E-state index in [0.29, 0.717) is 57.1 Å². The van der Waals surface area contributed by atoms with Gasteiger partial charge in [-0.25, -0.2) is 19.8 Å². The molecular weight excluding hydrogens is 512 g/mol. The van der Waals surface area contributed by atoms with Gasteiger partial charge in [0.25, 0.3) is 0 Å². The minimum Gasteiger partial charge on any atom is -0.444 e. The molecule has 1 fully saturated rings. The average Bonchev–Trinajstić information content (AvgIpc) is 3.41. The number of hydrogen-bond donors (Lipinski definition) is 1. The minimum absolute atomic E-state index is 0.00878. The number of amidine groups is 1. The van der Waals surface area contributed by atoms with Crippen molar-refractivity contribution in [3.63, 3.8) is 0 Å². The molecule has 1 saturated heterocycles. The zero-order valence-electron chi connectivity index (χ0n) is 22.9. The molecule has 0 aromatic carbocycles. The minimum atomic E-state index is -0.525. The maximum atomic E-state index is 12.8. The van der Waals surface area contributed by atoms with Crippen molar-refractivity contribution in [1.82, 2.24) is 19.8 Å². The topological polar surface area (TPSA) is 114 Å². The summed E-state index contributed by atoms with van der Waals surface area (Å²) in [5.41, 5.74) is 8.83. The van der Waals surface area contributed by atoms with Crippen molar-refractivity contribution in [3.8, 4) is 0 Å². The van der Waals surface area contributed by atoms with Crippen LogP contribution in [-0.4, -0.2) is 69.4 Å². The Labute approximate surface area is 233 Å². The summed E-state index contributed by atoms with van der Waals surface area (Å²) >= 11 is 1.66. The van der Waals surface area contributed by atoms with E-state index in [-0.39, 0.29) is 17.4 Å². The highest BCUT2D eigenvalue weighted by Gasteiger charge is 2.42. The van der Waals surface area contributed by atoms with Gasteiger partial charge in [0, 0.05) is 61.9 Å². The fraction of sp³-hybridized carbons (Fsp3) is 0.483. The number of carbonyl (C=O) groups excluding carboxylic acids is 2. The molecule has 0 saturated carbocycles. The first-order valence-corrected chi connectivity index (χ1v) is 14.3. The molecule has 206 valence electrons. The molecule has 3 aliphatic rings. The molecule has 10 heteroatoms. The van der Waals surface area contributed by atoms with Gasteiger partial charge in [-0.2, -0.15) is 0 Å². The van der Waals surface area contributed by atoms with E-state index in [9.17, 15) is 9.59 Å². The molecule has 0 radical (unpaired) electrons. The van der Waals surface area contributed by atoms with Crippen LogP contribution >= 0.6 is 11.3 Å². The first-order chi connectivity index (χ1) is 18.6. The molecule has 2 aromatic rings. The van der Waals surface area contributed by atoms with Crippen LogP contribution in [0.15, 0.2) is 46.6 Å². The maximum absolute atomic E-state index is 12.8. The Kier molecular flexibility index (Phi) is 7.57. The summed E-state index contributed by atoms with van der Waals surface area (Å²) in [7, 11) is 0. The summed E-state index contributed by atoms with van der Waals surface area (Å²) in [6.07, 6.45) is 12.7. The number of aromatic nitrogens is 2. The number of likely N-dealkylation sites (tertiary alicyclic amines) is 1. The number of fused-ring (bicyclic) bond motifs is 1. The fourth-order valence-corrected chi connectivity index (χ4v) is 5.96. The lowest BCUT2D eigenvalue weighted by Crippen LogP contribution is -2.51. The van der Waals surface area contributed by atoms with Crippen LogP contribution in [-0.2, 0) is 22.4 Å². The van der Waals surface area contributed by atoms with Crippen molar-refractivity contribution in [2.24, 2.45) is 16.1 Å². The smallest absolute Gasteiger partial charge is 0.410 e. The van der Waals surface area contributed by atoms with Gasteiger partial charge in [0.15, 0.2) is 5.82 Å². The number of aliphatic imine (C=N–C) groups is 1. The molecule has 0 unspecified atom stereocenters. The van der Waals surface area contributed by atoms with E-state index in [1.807, 2.05) is 49.4 Å². The molecule has 2 aromatic heterocycles. The Morgan fingerprint density at radius 3 is 2.64 bits per heavy atom. The summed E-state index contributed by atoms with van der Waals surface area (Å²) in [4.78, 5) is 42.5. The Hall–Kier alpha value is -3.53. The number of nitrogens with two attached hydrogens (primary N) is 1. The molecule has 9 nitrogen and oxygen atoms in total. The Morgan fingerprint density at radius 1 is 1.18 bits per heavy atom. The van der Waals surface area contributed by atoms with Gasteiger partial charge in [-0.15, -0.1) is 11.3 Å². The molecule has 5 rings (SSSR count). The zero-order chi connectivity index (χ0) is 27.6. The first kappa shape index (κ1) is 27.1. The van der Waals surface area contributed by atoms with Crippen LogP contribution in [0.4, 0.5) is 10.6 Å². The third-order valence-corrected chi connectivity index (χ3v) is 8.31. The van der Waals surface area contributed by atoms with Crippen LogP contribution in [0, 0.1) is 5.41 Å². The van der Waals surface area contributed by atoms with Crippen molar-refractivity contribution in [3.05, 3.63) is 57.7 Å². The highest BCUT2D eigenvalue weighted by molar-refractivity contribution is 7.09. The number of carbonyl (C=O) groups is 2. The first-order valence-electron chi connectivity index (χ1n) is 13.4. The monoisotopic (exact) mass is 548 g/mol. The Morgan fingerprint density at radius 2 is 1.97 bits per heavy atom.